The molecule has 5 rings (SSSR count). The molecular weight excluding hydrogens is 478 g/mol. The van der Waals surface area contributed by atoms with Crippen molar-refractivity contribution < 1.29 is 19.4 Å². The molecule has 200 valence electrons. The summed E-state index contributed by atoms with van der Waals surface area (Å²) in [7, 11) is 0. The van der Waals surface area contributed by atoms with Crippen LogP contribution >= 0.6 is 0 Å². The van der Waals surface area contributed by atoms with Crippen LogP contribution < -0.4 is 5.32 Å². The number of alkyl carbamates (subject to hydrolysis) is 1. The quantitative estimate of drug-likeness (QED) is 0.337. The summed E-state index contributed by atoms with van der Waals surface area (Å²) in [6.45, 7) is 8.93. The number of aryl methyl sites for hydroxylation is 1. The predicted octanol–water partition coefficient (Wildman–Crippen LogP) is 6.06. The fraction of sp³-hybridized carbons (Fsp3) is 0.387. The Labute approximate surface area is 224 Å². The zero-order chi connectivity index (χ0) is 27.3. The van der Waals surface area contributed by atoms with Gasteiger partial charge in [-0.05, 0) is 86.9 Å². The minimum atomic E-state index is -0.572. The number of hydrogen-bond donors (Lipinski definition) is 2. The second-order valence-corrected chi connectivity index (χ2v) is 10.7. The van der Waals surface area contributed by atoms with Gasteiger partial charge in [-0.3, -0.25) is 9.78 Å². The molecule has 0 saturated carbocycles. The van der Waals surface area contributed by atoms with Crippen LogP contribution in [-0.4, -0.2) is 45.7 Å². The van der Waals surface area contributed by atoms with E-state index in [0.717, 1.165) is 29.7 Å². The number of benzene rings is 2. The third-order valence-corrected chi connectivity index (χ3v) is 6.75. The Bertz CT molecular complexity index is 1270. The van der Waals surface area contributed by atoms with E-state index in [1.807, 2.05) is 44.7 Å². The smallest absolute Gasteiger partial charge is 0.407 e. The SMILES string of the molecule is CCc1ncccc1C(=O)N1CCC(c2c(O)cccc2CNC(=O)OC(C)(C)C)CC1.c1cc2cc-2c1. The summed E-state index contributed by atoms with van der Waals surface area (Å²) in [5.41, 5.74) is 5.46. The number of amides is 2. The second kappa shape index (κ2) is 11.7. The van der Waals surface area contributed by atoms with Gasteiger partial charge in [0.25, 0.3) is 5.91 Å². The van der Waals surface area contributed by atoms with Crippen molar-refractivity contribution >= 4 is 12.0 Å². The molecule has 2 aromatic rings. The van der Waals surface area contributed by atoms with Crippen LogP contribution in [0.1, 0.15) is 73.6 Å². The van der Waals surface area contributed by atoms with E-state index in [9.17, 15) is 14.7 Å². The monoisotopic (exact) mass is 515 g/mol. The molecule has 1 aliphatic heterocycles. The summed E-state index contributed by atoms with van der Waals surface area (Å²) in [6.07, 6.45) is 3.42. The van der Waals surface area contributed by atoms with Gasteiger partial charge in [0.15, 0.2) is 0 Å². The molecule has 2 N–H and O–H groups in total. The van der Waals surface area contributed by atoms with Crippen molar-refractivity contribution in [3.05, 3.63) is 83.2 Å². The summed E-state index contributed by atoms with van der Waals surface area (Å²) >= 11 is 0. The lowest BCUT2D eigenvalue weighted by Gasteiger charge is -2.33. The number of carbonyl (C=O) groups excluding carboxylic acids is 2. The predicted molar refractivity (Wildman–Crippen MR) is 148 cm³/mol. The maximum Gasteiger partial charge on any atom is 0.407 e. The lowest BCUT2D eigenvalue weighted by Crippen LogP contribution is -2.38. The highest BCUT2D eigenvalue weighted by molar-refractivity contribution is 5.95. The van der Waals surface area contributed by atoms with Crippen LogP contribution in [-0.2, 0) is 17.7 Å². The number of aromatic nitrogens is 1. The van der Waals surface area contributed by atoms with Gasteiger partial charge in [0.2, 0.25) is 0 Å². The van der Waals surface area contributed by atoms with Crippen LogP contribution in [0, 0.1) is 0 Å². The summed E-state index contributed by atoms with van der Waals surface area (Å²) < 4.78 is 5.31. The van der Waals surface area contributed by atoms with Gasteiger partial charge in [-0.15, -0.1) is 0 Å². The van der Waals surface area contributed by atoms with Gasteiger partial charge in [0.1, 0.15) is 11.4 Å². The molecule has 1 fully saturated rings. The number of nitrogens with zero attached hydrogens (tertiary/aromatic N) is 2. The minimum Gasteiger partial charge on any atom is -0.508 e. The van der Waals surface area contributed by atoms with Crippen LogP contribution in [0.2, 0.25) is 0 Å². The number of pyridine rings is 1. The number of piperidine rings is 1. The number of aromatic hydroxyl groups is 1. The van der Waals surface area contributed by atoms with E-state index >= 15 is 0 Å². The molecule has 0 radical (unpaired) electrons. The molecule has 0 bridgehead atoms. The van der Waals surface area contributed by atoms with Crippen LogP contribution in [0.25, 0.3) is 11.1 Å². The Morgan fingerprint density at radius 3 is 2.32 bits per heavy atom. The molecular formula is C31H37N3O4. The first-order valence-corrected chi connectivity index (χ1v) is 13.3. The third kappa shape index (κ3) is 6.91. The molecule has 1 aromatic carbocycles. The molecule has 2 amide bonds. The Balaban J connectivity index is 0.000000483. The van der Waals surface area contributed by atoms with E-state index in [2.05, 4.69) is 34.6 Å². The topological polar surface area (TPSA) is 91.8 Å². The molecule has 0 atom stereocenters. The van der Waals surface area contributed by atoms with E-state index < -0.39 is 11.7 Å². The van der Waals surface area contributed by atoms with E-state index in [4.69, 9.17) is 4.74 Å². The van der Waals surface area contributed by atoms with Gasteiger partial charge in [-0.2, -0.15) is 0 Å². The van der Waals surface area contributed by atoms with E-state index in [-0.39, 0.29) is 24.1 Å². The van der Waals surface area contributed by atoms with Gasteiger partial charge < -0.3 is 20.1 Å². The van der Waals surface area contributed by atoms with Crippen molar-refractivity contribution in [1.82, 2.24) is 15.2 Å². The molecule has 2 aliphatic carbocycles. The first kappa shape index (κ1) is 27.2. The highest BCUT2D eigenvalue weighted by atomic mass is 16.6. The summed E-state index contributed by atoms with van der Waals surface area (Å²) in [5.74, 6) is 0.339. The number of fused-ring (bicyclic) bond motifs is 1. The van der Waals surface area contributed by atoms with Crippen molar-refractivity contribution in [3.63, 3.8) is 0 Å². The fourth-order valence-corrected chi connectivity index (χ4v) is 4.84. The Morgan fingerprint density at radius 1 is 1.05 bits per heavy atom. The zero-order valence-electron chi connectivity index (χ0n) is 22.7. The molecule has 0 spiro atoms. The number of nitrogens with one attached hydrogen (secondary N) is 1. The van der Waals surface area contributed by atoms with Crippen molar-refractivity contribution in [1.29, 1.82) is 0 Å². The van der Waals surface area contributed by atoms with E-state index in [1.54, 1.807) is 24.4 Å². The number of ether oxygens (including phenoxy) is 1. The van der Waals surface area contributed by atoms with Crippen LogP contribution in [0.5, 0.6) is 5.75 Å². The Kier molecular flexibility index (Phi) is 8.35. The van der Waals surface area contributed by atoms with E-state index in [1.165, 1.54) is 11.1 Å². The van der Waals surface area contributed by atoms with Gasteiger partial charge in [-0.25, -0.2) is 4.79 Å². The number of carbonyl (C=O) groups is 2. The number of rotatable bonds is 5. The average molecular weight is 516 g/mol. The van der Waals surface area contributed by atoms with Gasteiger partial charge >= 0.3 is 6.09 Å². The number of phenols is 1. The first-order chi connectivity index (χ1) is 18.2. The second-order valence-electron chi connectivity index (χ2n) is 10.7. The van der Waals surface area contributed by atoms with Crippen molar-refractivity contribution in [3.8, 4) is 16.9 Å². The third-order valence-electron chi connectivity index (χ3n) is 6.75. The summed E-state index contributed by atoms with van der Waals surface area (Å²) in [4.78, 5) is 31.3. The molecule has 38 heavy (non-hydrogen) atoms. The molecule has 1 saturated heterocycles. The largest absolute Gasteiger partial charge is 0.508 e. The highest BCUT2D eigenvalue weighted by Crippen LogP contribution is 2.37. The van der Waals surface area contributed by atoms with Gasteiger partial charge in [0.05, 0.1) is 11.3 Å². The zero-order valence-corrected chi connectivity index (χ0v) is 22.7. The number of phenolic OH excluding ortho intramolecular Hbond substituents is 1. The van der Waals surface area contributed by atoms with Crippen molar-refractivity contribution in [2.75, 3.05) is 13.1 Å². The van der Waals surface area contributed by atoms with Crippen LogP contribution in [0.15, 0.2) is 60.8 Å². The van der Waals surface area contributed by atoms with Gasteiger partial charge in [-0.1, -0.05) is 37.3 Å². The fourth-order valence-electron chi connectivity index (χ4n) is 4.84. The lowest BCUT2D eigenvalue weighted by molar-refractivity contribution is 0.0522. The molecule has 2 heterocycles. The molecule has 1 aromatic heterocycles. The maximum atomic E-state index is 13.0. The van der Waals surface area contributed by atoms with Gasteiger partial charge in [0, 0.05) is 31.4 Å². The minimum absolute atomic E-state index is 0.0116. The van der Waals surface area contributed by atoms with Crippen LogP contribution in [0.4, 0.5) is 4.79 Å². The Hall–Kier alpha value is -3.87. The highest BCUT2D eigenvalue weighted by Gasteiger charge is 2.28. The van der Waals surface area contributed by atoms with Crippen molar-refractivity contribution in [2.24, 2.45) is 0 Å². The molecule has 7 heteroatoms. The lowest BCUT2D eigenvalue weighted by atomic mass is 9.85. The average Bonchev–Trinajstić information content (AvgIpc) is 3.50. The summed E-state index contributed by atoms with van der Waals surface area (Å²) in [5, 5.41) is 13.4. The molecule has 7 nitrogen and oxygen atoms in total. The maximum absolute atomic E-state index is 13.0. The summed E-state index contributed by atoms with van der Waals surface area (Å²) in [6, 6.07) is 17.5. The Morgan fingerprint density at radius 2 is 1.74 bits per heavy atom. The first-order valence-electron chi connectivity index (χ1n) is 13.3. The molecule has 0 unspecified atom stereocenters. The number of hydrogen-bond acceptors (Lipinski definition) is 5. The molecule has 3 aliphatic rings. The van der Waals surface area contributed by atoms with Crippen LogP contribution in [0.3, 0.4) is 0 Å². The normalized spacial score (nSPS) is 14.3. The van der Waals surface area contributed by atoms with Crippen molar-refractivity contribution in [2.45, 2.75) is 65.0 Å². The van der Waals surface area contributed by atoms with E-state index in [0.29, 0.717) is 25.1 Å². The number of likely N-dealkylation sites (tertiary alicyclic amines) is 1. The standard InChI is InChI=1S/C25H33N3O4.C6H4/c1-5-20-19(9-7-13-26-20)23(30)28-14-11-17(12-15-28)22-18(8-6-10-21(22)29)16-27-24(31)32-25(2,3)4;1-2-5-4-6(5)3-1/h6-10,13,17,29H,5,11-12,14-16H2,1-4H3,(H,27,31);1-4H.